The Bertz CT molecular complexity index is 1160. The van der Waals surface area contributed by atoms with E-state index in [9.17, 15) is 5.11 Å². The standard InChI is InChI=1S/C29H43N7O3/c1-2-24-20-33-36-26(17-27(34-29(24)36)35-13-4-3-5-25(35)10-14-37)31-18-23-6-7-28(32-19-23)39-16-15-38-21-22-8-11-30-12-9-22/h6-7,17,19-20,22,25,30-31,37H,2-5,8-16,18,21H2,1H3/t25-/m0/s1. The molecule has 0 aromatic carbocycles. The fraction of sp³-hybridized carbons (Fsp3) is 0.621. The van der Waals surface area contributed by atoms with Gasteiger partial charge in [-0.15, -0.1) is 0 Å². The summed E-state index contributed by atoms with van der Waals surface area (Å²) in [7, 11) is 0. The summed E-state index contributed by atoms with van der Waals surface area (Å²) in [5.41, 5.74) is 3.06. The lowest BCUT2D eigenvalue weighted by molar-refractivity contribution is 0.0645. The number of aromatic nitrogens is 4. The zero-order chi connectivity index (χ0) is 26.9. The van der Waals surface area contributed by atoms with Crippen LogP contribution in [0.25, 0.3) is 5.65 Å². The van der Waals surface area contributed by atoms with Crippen molar-refractivity contribution < 1.29 is 14.6 Å². The van der Waals surface area contributed by atoms with E-state index in [1.54, 1.807) is 0 Å². The average molecular weight is 538 g/mol. The third-order valence-electron chi connectivity index (χ3n) is 7.86. The van der Waals surface area contributed by atoms with Crippen molar-refractivity contribution in [2.24, 2.45) is 5.92 Å². The molecule has 2 saturated heterocycles. The minimum atomic E-state index is 0.194. The maximum absolute atomic E-state index is 9.61. The van der Waals surface area contributed by atoms with Gasteiger partial charge < -0.3 is 30.1 Å². The number of aliphatic hydroxyl groups excluding tert-OH is 1. The average Bonchev–Trinajstić information content (AvgIpc) is 3.41. The molecule has 3 N–H and O–H groups in total. The van der Waals surface area contributed by atoms with Gasteiger partial charge in [0.2, 0.25) is 5.88 Å². The summed E-state index contributed by atoms with van der Waals surface area (Å²) in [6.45, 7) is 7.95. The summed E-state index contributed by atoms with van der Waals surface area (Å²) in [4.78, 5) is 11.9. The van der Waals surface area contributed by atoms with E-state index in [1.807, 2.05) is 29.0 Å². The molecule has 10 heteroatoms. The fourth-order valence-corrected chi connectivity index (χ4v) is 5.57. The highest BCUT2D eigenvalue weighted by Crippen LogP contribution is 2.29. The van der Waals surface area contributed by atoms with E-state index in [-0.39, 0.29) is 6.61 Å². The van der Waals surface area contributed by atoms with E-state index in [0.717, 1.165) is 80.3 Å². The van der Waals surface area contributed by atoms with Crippen LogP contribution in [0.1, 0.15) is 56.6 Å². The Morgan fingerprint density at radius 3 is 2.82 bits per heavy atom. The number of aliphatic hydroxyl groups is 1. The maximum Gasteiger partial charge on any atom is 0.213 e. The number of nitrogens with one attached hydrogen (secondary N) is 2. The molecule has 1 atom stereocenters. The number of fused-ring (bicyclic) bond motifs is 1. The molecule has 0 radical (unpaired) electrons. The van der Waals surface area contributed by atoms with Crippen LogP contribution in [0.4, 0.5) is 11.6 Å². The quantitative estimate of drug-likeness (QED) is 0.283. The lowest BCUT2D eigenvalue weighted by Gasteiger charge is -2.36. The molecule has 0 unspecified atom stereocenters. The van der Waals surface area contributed by atoms with Gasteiger partial charge in [0.15, 0.2) is 5.65 Å². The third-order valence-corrected chi connectivity index (χ3v) is 7.86. The van der Waals surface area contributed by atoms with Gasteiger partial charge in [0.05, 0.1) is 12.8 Å². The Morgan fingerprint density at radius 2 is 2.03 bits per heavy atom. The van der Waals surface area contributed by atoms with Crippen molar-refractivity contribution in [1.82, 2.24) is 24.9 Å². The molecular formula is C29H43N7O3. The van der Waals surface area contributed by atoms with Crippen LogP contribution in [-0.2, 0) is 17.7 Å². The first-order chi connectivity index (χ1) is 19.2. The highest BCUT2D eigenvalue weighted by Gasteiger charge is 2.25. The predicted octanol–water partition coefficient (Wildman–Crippen LogP) is 3.44. The van der Waals surface area contributed by atoms with E-state index in [1.165, 1.54) is 19.3 Å². The van der Waals surface area contributed by atoms with Gasteiger partial charge in [-0.25, -0.2) is 9.97 Å². The van der Waals surface area contributed by atoms with Crippen molar-refractivity contribution in [3.8, 4) is 5.88 Å². The molecule has 2 aliphatic rings. The Balaban J connectivity index is 1.19. The Hall–Kier alpha value is -2.95. The molecule has 5 heterocycles. The van der Waals surface area contributed by atoms with Crippen molar-refractivity contribution in [2.75, 3.05) is 56.3 Å². The molecule has 0 saturated carbocycles. The second-order valence-electron chi connectivity index (χ2n) is 10.6. The van der Waals surface area contributed by atoms with Crippen LogP contribution in [-0.4, -0.2) is 76.8 Å². The maximum atomic E-state index is 9.61. The third kappa shape index (κ3) is 7.17. The predicted molar refractivity (Wildman–Crippen MR) is 153 cm³/mol. The number of hydrogen-bond acceptors (Lipinski definition) is 9. The number of piperidine rings is 2. The second kappa shape index (κ2) is 13.9. The molecular weight excluding hydrogens is 494 g/mol. The molecule has 39 heavy (non-hydrogen) atoms. The number of hydrogen-bond donors (Lipinski definition) is 3. The molecule has 0 aliphatic carbocycles. The molecule has 212 valence electrons. The molecule has 2 aliphatic heterocycles. The molecule has 0 spiro atoms. The first-order valence-electron chi connectivity index (χ1n) is 14.6. The Morgan fingerprint density at radius 1 is 1.13 bits per heavy atom. The monoisotopic (exact) mass is 537 g/mol. The van der Waals surface area contributed by atoms with Gasteiger partial charge in [-0.1, -0.05) is 13.0 Å². The summed E-state index contributed by atoms with van der Waals surface area (Å²) in [5.74, 6) is 3.11. The second-order valence-corrected chi connectivity index (χ2v) is 10.6. The number of aryl methyl sites for hydroxylation is 1. The van der Waals surface area contributed by atoms with Crippen molar-refractivity contribution >= 4 is 17.3 Å². The number of pyridine rings is 1. The van der Waals surface area contributed by atoms with Crippen LogP contribution in [0, 0.1) is 5.92 Å². The molecule has 0 amide bonds. The largest absolute Gasteiger partial charge is 0.475 e. The first kappa shape index (κ1) is 27.6. The first-order valence-corrected chi connectivity index (χ1v) is 14.6. The number of anilines is 2. The normalized spacial score (nSPS) is 18.5. The van der Waals surface area contributed by atoms with Crippen molar-refractivity contribution in [3.05, 3.63) is 41.7 Å². The highest BCUT2D eigenvalue weighted by atomic mass is 16.5. The van der Waals surface area contributed by atoms with Crippen LogP contribution in [0.2, 0.25) is 0 Å². The van der Waals surface area contributed by atoms with Gasteiger partial charge >= 0.3 is 0 Å². The minimum absolute atomic E-state index is 0.194. The molecule has 3 aromatic heterocycles. The molecule has 10 nitrogen and oxygen atoms in total. The lowest BCUT2D eigenvalue weighted by Crippen LogP contribution is -2.40. The molecule has 3 aromatic rings. The van der Waals surface area contributed by atoms with E-state index >= 15 is 0 Å². The number of ether oxygens (including phenoxy) is 2. The van der Waals surface area contributed by atoms with Crippen molar-refractivity contribution in [1.29, 1.82) is 0 Å². The van der Waals surface area contributed by atoms with Crippen LogP contribution >= 0.6 is 0 Å². The van der Waals surface area contributed by atoms with Crippen molar-refractivity contribution in [2.45, 2.75) is 64.5 Å². The molecule has 5 rings (SSSR count). The van der Waals surface area contributed by atoms with E-state index in [4.69, 9.17) is 14.5 Å². The minimum Gasteiger partial charge on any atom is -0.475 e. The topological polar surface area (TPSA) is 109 Å². The zero-order valence-electron chi connectivity index (χ0n) is 23.1. The SMILES string of the molecule is CCc1cnn2c(NCc3ccc(OCCOCC4CCNCC4)nc3)cc(N3CCCC[C@H]3CCO)nc12. The Labute approximate surface area is 231 Å². The van der Waals surface area contributed by atoms with Gasteiger partial charge in [-0.2, -0.15) is 9.61 Å². The van der Waals surface area contributed by atoms with Gasteiger partial charge in [-0.3, -0.25) is 0 Å². The van der Waals surface area contributed by atoms with Gasteiger partial charge in [0.25, 0.3) is 0 Å². The van der Waals surface area contributed by atoms with Gasteiger partial charge in [-0.05, 0) is 69.5 Å². The summed E-state index contributed by atoms with van der Waals surface area (Å²) < 4.78 is 13.5. The Kier molecular flexibility index (Phi) is 9.85. The lowest BCUT2D eigenvalue weighted by atomic mass is 9.99. The molecule has 0 bridgehead atoms. The van der Waals surface area contributed by atoms with Crippen molar-refractivity contribution in [3.63, 3.8) is 0 Å². The summed E-state index contributed by atoms with van der Waals surface area (Å²) in [5, 5.41) is 21.2. The van der Waals surface area contributed by atoms with Crippen LogP contribution < -0.4 is 20.3 Å². The van der Waals surface area contributed by atoms with E-state index in [0.29, 0.717) is 37.6 Å². The summed E-state index contributed by atoms with van der Waals surface area (Å²) >= 11 is 0. The summed E-state index contributed by atoms with van der Waals surface area (Å²) in [6.07, 6.45) is 11.2. The van der Waals surface area contributed by atoms with Crippen LogP contribution in [0.5, 0.6) is 5.88 Å². The van der Waals surface area contributed by atoms with Gasteiger partial charge in [0.1, 0.15) is 18.2 Å². The highest BCUT2D eigenvalue weighted by molar-refractivity contribution is 5.61. The smallest absolute Gasteiger partial charge is 0.213 e. The number of nitrogens with zero attached hydrogens (tertiary/aromatic N) is 5. The van der Waals surface area contributed by atoms with Crippen LogP contribution in [0.3, 0.4) is 0 Å². The fourth-order valence-electron chi connectivity index (χ4n) is 5.57. The molecule has 2 fully saturated rings. The zero-order valence-corrected chi connectivity index (χ0v) is 23.1. The van der Waals surface area contributed by atoms with Crippen LogP contribution in [0.15, 0.2) is 30.6 Å². The summed E-state index contributed by atoms with van der Waals surface area (Å²) in [6, 6.07) is 6.34. The van der Waals surface area contributed by atoms with Gasteiger partial charge in [0, 0.05) is 56.2 Å². The van der Waals surface area contributed by atoms with E-state index < -0.39 is 0 Å². The number of rotatable bonds is 13. The van der Waals surface area contributed by atoms with E-state index in [2.05, 4.69) is 38.6 Å².